The van der Waals surface area contributed by atoms with Crippen molar-refractivity contribution in [2.75, 3.05) is 6.66 Å². The van der Waals surface area contributed by atoms with E-state index in [1.54, 1.807) is 0 Å². The molecule has 1 atom stereocenters. The predicted octanol–water partition coefficient (Wildman–Crippen LogP) is 4.27. The third-order valence-electron chi connectivity index (χ3n) is 2.84. The maximum atomic E-state index is 6.00. The minimum atomic E-state index is -0.391. The van der Waals surface area contributed by atoms with Crippen molar-refractivity contribution < 1.29 is 4.52 Å². The van der Waals surface area contributed by atoms with E-state index in [9.17, 15) is 0 Å². The highest BCUT2D eigenvalue weighted by atomic mass is 31.1. The Bertz CT molecular complexity index is 474. The Morgan fingerprint density at radius 1 is 0.938 bits per heavy atom. The summed E-state index contributed by atoms with van der Waals surface area (Å²) in [4.78, 5) is 0. The van der Waals surface area contributed by atoms with Crippen LogP contribution in [-0.2, 0) is 6.16 Å². The van der Waals surface area contributed by atoms with Crippen LogP contribution < -0.4 is 4.52 Å². The zero-order chi connectivity index (χ0) is 11.0. The Morgan fingerprint density at radius 2 is 1.62 bits per heavy atom. The minimum Gasteiger partial charge on any atom is -0.473 e. The molecule has 0 bridgehead atoms. The smallest absolute Gasteiger partial charge is 0.131 e. The minimum absolute atomic E-state index is 0.391. The van der Waals surface area contributed by atoms with Crippen molar-refractivity contribution in [2.24, 2.45) is 0 Å². The summed E-state index contributed by atoms with van der Waals surface area (Å²) >= 11 is 0. The van der Waals surface area contributed by atoms with E-state index in [-0.39, 0.29) is 0 Å². The molecule has 0 N–H and O–H groups in total. The molecular formula is C14H13OP. The lowest BCUT2D eigenvalue weighted by atomic mass is 10.00. The highest BCUT2D eigenvalue weighted by Crippen LogP contribution is 2.47. The fourth-order valence-electron chi connectivity index (χ4n) is 2.13. The summed E-state index contributed by atoms with van der Waals surface area (Å²) in [6.45, 7) is 2.19. The summed E-state index contributed by atoms with van der Waals surface area (Å²) in [5.74, 6) is 1.03. The van der Waals surface area contributed by atoms with Crippen molar-refractivity contribution in [3.63, 3.8) is 0 Å². The monoisotopic (exact) mass is 228 g/mol. The molecule has 0 saturated heterocycles. The van der Waals surface area contributed by atoms with Gasteiger partial charge in [0.25, 0.3) is 0 Å². The molecule has 2 aromatic rings. The van der Waals surface area contributed by atoms with Crippen molar-refractivity contribution in [1.82, 2.24) is 0 Å². The van der Waals surface area contributed by atoms with Crippen molar-refractivity contribution in [2.45, 2.75) is 6.16 Å². The van der Waals surface area contributed by atoms with Gasteiger partial charge in [0.15, 0.2) is 0 Å². The summed E-state index contributed by atoms with van der Waals surface area (Å²) in [6.07, 6.45) is 1.04. The lowest BCUT2D eigenvalue weighted by Crippen LogP contribution is -1.86. The van der Waals surface area contributed by atoms with Crippen molar-refractivity contribution in [1.29, 1.82) is 0 Å². The molecule has 0 fully saturated rings. The first kappa shape index (κ1) is 9.86. The molecule has 16 heavy (non-hydrogen) atoms. The summed E-state index contributed by atoms with van der Waals surface area (Å²) in [5, 5.41) is 0. The van der Waals surface area contributed by atoms with E-state index in [4.69, 9.17) is 4.52 Å². The molecule has 0 aromatic heterocycles. The normalized spacial score (nSPS) is 17.9. The van der Waals surface area contributed by atoms with Crippen LogP contribution in [0.1, 0.15) is 5.56 Å². The van der Waals surface area contributed by atoms with Gasteiger partial charge in [0, 0.05) is 11.7 Å². The molecule has 2 aromatic carbocycles. The van der Waals surface area contributed by atoms with Crippen molar-refractivity contribution in [3.05, 3.63) is 54.1 Å². The lowest BCUT2D eigenvalue weighted by Gasteiger charge is -2.11. The number of rotatable bonds is 0. The molecule has 1 aliphatic heterocycles. The first-order valence-electron chi connectivity index (χ1n) is 5.41. The fourth-order valence-corrected chi connectivity index (χ4v) is 3.44. The van der Waals surface area contributed by atoms with Gasteiger partial charge < -0.3 is 4.52 Å². The molecule has 3 rings (SSSR count). The Hall–Kier alpha value is -1.33. The molecule has 1 heterocycles. The van der Waals surface area contributed by atoms with Gasteiger partial charge in [-0.25, -0.2) is 0 Å². The van der Waals surface area contributed by atoms with E-state index in [1.807, 2.05) is 6.07 Å². The van der Waals surface area contributed by atoms with Crippen LogP contribution in [0.4, 0.5) is 0 Å². The van der Waals surface area contributed by atoms with Gasteiger partial charge in [-0.1, -0.05) is 42.5 Å². The van der Waals surface area contributed by atoms with Gasteiger partial charge in [0.1, 0.15) is 5.75 Å². The standard InChI is InChI=1S/C14H13OP/c1-16-10-11-6-2-3-7-12(11)13-8-4-5-9-14(13)15-16/h2-9H,10H2,1H3. The maximum Gasteiger partial charge on any atom is 0.131 e. The SMILES string of the molecule is CP1Cc2ccccc2-c2ccccc2O1. The first-order valence-corrected chi connectivity index (χ1v) is 7.30. The van der Waals surface area contributed by atoms with E-state index in [1.165, 1.54) is 16.7 Å². The van der Waals surface area contributed by atoms with E-state index in [2.05, 4.69) is 49.1 Å². The fraction of sp³-hybridized carbons (Fsp3) is 0.143. The van der Waals surface area contributed by atoms with E-state index in [0.29, 0.717) is 0 Å². The van der Waals surface area contributed by atoms with Gasteiger partial charge in [-0.3, -0.25) is 0 Å². The first-order chi connectivity index (χ1) is 7.84. The summed E-state index contributed by atoms with van der Waals surface area (Å²) < 4.78 is 6.00. The van der Waals surface area contributed by atoms with Crippen LogP contribution in [0.3, 0.4) is 0 Å². The lowest BCUT2D eigenvalue weighted by molar-refractivity contribution is 0.622. The van der Waals surface area contributed by atoms with E-state index >= 15 is 0 Å². The Kier molecular flexibility index (Phi) is 2.41. The third kappa shape index (κ3) is 1.62. The number of hydrogen-bond acceptors (Lipinski definition) is 1. The largest absolute Gasteiger partial charge is 0.473 e. The van der Waals surface area contributed by atoms with Crippen LogP contribution in [0.2, 0.25) is 0 Å². The van der Waals surface area contributed by atoms with Gasteiger partial charge in [-0.15, -0.1) is 0 Å². The predicted molar refractivity (Wildman–Crippen MR) is 69.1 cm³/mol. The highest BCUT2D eigenvalue weighted by molar-refractivity contribution is 7.51. The number of para-hydroxylation sites is 1. The topological polar surface area (TPSA) is 9.23 Å². The summed E-state index contributed by atoms with van der Waals surface area (Å²) in [7, 11) is -0.391. The summed E-state index contributed by atoms with van der Waals surface area (Å²) in [5.41, 5.74) is 3.95. The van der Waals surface area contributed by atoms with Crippen molar-refractivity contribution in [3.8, 4) is 16.9 Å². The Labute approximate surface area is 96.9 Å². The zero-order valence-corrected chi connectivity index (χ0v) is 10.1. The molecule has 80 valence electrons. The molecule has 1 nitrogen and oxygen atoms in total. The molecule has 0 saturated carbocycles. The molecule has 1 unspecified atom stereocenters. The zero-order valence-electron chi connectivity index (χ0n) is 9.18. The van der Waals surface area contributed by atoms with Crippen molar-refractivity contribution >= 4 is 8.15 Å². The van der Waals surface area contributed by atoms with E-state index < -0.39 is 8.15 Å². The molecule has 1 aliphatic rings. The van der Waals surface area contributed by atoms with Crippen LogP contribution in [0.15, 0.2) is 48.5 Å². The van der Waals surface area contributed by atoms with Crippen LogP contribution in [0.5, 0.6) is 5.75 Å². The number of benzene rings is 2. The van der Waals surface area contributed by atoms with Crippen LogP contribution in [-0.4, -0.2) is 6.66 Å². The van der Waals surface area contributed by atoms with Gasteiger partial charge in [-0.05, 0) is 23.9 Å². The van der Waals surface area contributed by atoms with E-state index in [0.717, 1.165) is 11.9 Å². The molecule has 2 heteroatoms. The second-order valence-corrected chi connectivity index (χ2v) is 5.79. The molecule has 0 amide bonds. The number of hydrogen-bond donors (Lipinski definition) is 0. The average molecular weight is 228 g/mol. The van der Waals surface area contributed by atoms with Gasteiger partial charge in [-0.2, -0.15) is 0 Å². The second-order valence-electron chi connectivity index (χ2n) is 4.03. The molecule has 0 radical (unpaired) electrons. The van der Waals surface area contributed by atoms with Crippen LogP contribution in [0.25, 0.3) is 11.1 Å². The second kappa shape index (κ2) is 3.92. The van der Waals surface area contributed by atoms with Gasteiger partial charge >= 0.3 is 0 Å². The Balaban J connectivity index is 2.26. The molecule has 0 aliphatic carbocycles. The number of fused-ring (bicyclic) bond motifs is 3. The average Bonchev–Trinajstić information content (AvgIpc) is 2.44. The molecule has 0 spiro atoms. The van der Waals surface area contributed by atoms with Gasteiger partial charge in [0.2, 0.25) is 0 Å². The summed E-state index contributed by atoms with van der Waals surface area (Å²) in [6, 6.07) is 16.9. The van der Waals surface area contributed by atoms with Crippen LogP contribution >= 0.6 is 8.15 Å². The maximum absolute atomic E-state index is 6.00. The highest BCUT2D eigenvalue weighted by Gasteiger charge is 2.18. The third-order valence-corrected chi connectivity index (χ3v) is 4.14. The Morgan fingerprint density at radius 3 is 2.50 bits per heavy atom. The molecular weight excluding hydrogens is 215 g/mol. The van der Waals surface area contributed by atoms with Gasteiger partial charge in [0.05, 0.1) is 8.15 Å². The van der Waals surface area contributed by atoms with Crippen LogP contribution in [0, 0.1) is 0 Å². The quantitative estimate of drug-likeness (QED) is 0.612.